The maximum absolute atomic E-state index is 6.10. The topological polar surface area (TPSA) is 43.8 Å². The Morgan fingerprint density at radius 1 is 1.33 bits per heavy atom. The molecule has 1 heterocycles. The van der Waals surface area contributed by atoms with Gasteiger partial charge in [-0.3, -0.25) is 4.68 Å². The lowest BCUT2D eigenvalue weighted by Crippen LogP contribution is -2.08. The monoisotopic (exact) mass is 243 g/mol. The molecule has 0 fully saturated rings. The van der Waals surface area contributed by atoms with Gasteiger partial charge in [0.1, 0.15) is 0 Å². The van der Waals surface area contributed by atoms with Crippen LogP contribution in [0.15, 0.2) is 24.3 Å². The summed E-state index contributed by atoms with van der Waals surface area (Å²) >= 11 is 0. The first-order chi connectivity index (χ1) is 8.54. The van der Waals surface area contributed by atoms with Gasteiger partial charge in [-0.15, -0.1) is 0 Å². The predicted octanol–water partition coefficient (Wildman–Crippen LogP) is 3.11. The molecule has 3 nitrogen and oxygen atoms in total. The van der Waals surface area contributed by atoms with Crippen LogP contribution in [0.2, 0.25) is 0 Å². The number of aromatic nitrogens is 2. The lowest BCUT2D eigenvalue weighted by atomic mass is 9.98. The molecule has 0 aliphatic carbocycles. The Balaban J connectivity index is 2.51. The van der Waals surface area contributed by atoms with Crippen molar-refractivity contribution < 1.29 is 0 Å². The lowest BCUT2D eigenvalue weighted by molar-refractivity contribution is 0.699. The van der Waals surface area contributed by atoms with Crippen LogP contribution in [-0.4, -0.2) is 9.78 Å². The van der Waals surface area contributed by atoms with Crippen molar-refractivity contribution in [1.29, 1.82) is 0 Å². The van der Waals surface area contributed by atoms with E-state index in [9.17, 15) is 0 Å². The van der Waals surface area contributed by atoms with Crippen LogP contribution < -0.4 is 5.73 Å². The van der Waals surface area contributed by atoms with Crippen LogP contribution in [0.25, 0.3) is 11.1 Å². The molecule has 0 aliphatic heterocycles. The summed E-state index contributed by atoms with van der Waals surface area (Å²) in [6.07, 6.45) is 0.953. The number of benzene rings is 1. The van der Waals surface area contributed by atoms with E-state index in [2.05, 4.69) is 50.1 Å². The van der Waals surface area contributed by atoms with Gasteiger partial charge in [-0.1, -0.05) is 25.1 Å². The van der Waals surface area contributed by atoms with E-state index in [-0.39, 0.29) is 6.04 Å². The Labute approximate surface area is 109 Å². The summed E-state index contributed by atoms with van der Waals surface area (Å²) in [5, 5.41) is 4.47. The molecular formula is C15H21N3. The smallest absolute Gasteiger partial charge is 0.0674 e. The number of rotatable bonds is 3. The average Bonchev–Trinajstić information content (AvgIpc) is 2.62. The average molecular weight is 243 g/mol. The molecule has 0 radical (unpaired) electrons. The van der Waals surface area contributed by atoms with E-state index >= 15 is 0 Å². The maximum atomic E-state index is 6.10. The Morgan fingerprint density at radius 3 is 2.61 bits per heavy atom. The van der Waals surface area contributed by atoms with Gasteiger partial charge in [-0.05, 0) is 37.5 Å². The van der Waals surface area contributed by atoms with E-state index in [1.165, 1.54) is 22.4 Å². The van der Waals surface area contributed by atoms with Crippen LogP contribution in [-0.2, 0) is 7.05 Å². The highest BCUT2D eigenvalue weighted by Gasteiger charge is 2.12. The third-order valence-corrected chi connectivity index (χ3v) is 3.55. The number of hydrogen-bond acceptors (Lipinski definition) is 2. The van der Waals surface area contributed by atoms with Crippen molar-refractivity contribution in [2.45, 2.75) is 33.2 Å². The van der Waals surface area contributed by atoms with Gasteiger partial charge in [0.05, 0.1) is 5.69 Å². The molecule has 0 amide bonds. The first-order valence-corrected chi connectivity index (χ1v) is 6.40. The van der Waals surface area contributed by atoms with Crippen LogP contribution in [0.1, 0.15) is 36.3 Å². The number of nitrogens with two attached hydrogens (primary N) is 1. The molecule has 2 rings (SSSR count). The second-order valence-electron chi connectivity index (χ2n) is 4.81. The Morgan fingerprint density at radius 2 is 2.06 bits per heavy atom. The van der Waals surface area contributed by atoms with Crippen molar-refractivity contribution in [3.8, 4) is 11.1 Å². The van der Waals surface area contributed by atoms with Crippen molar-refractivity contribution in [3.05, 3.63) is 41.2 Å². The van der Waals surface area contributed by atoms with E-state index in [1.54, 1.807) is 0 Å². The first kappa shape index (κ1) is 12.8. The predicted molar refractivity (Wildman–Crippen MR) is 75.3 cm³/mol. The zero-order valence-electron chi connectivity index (χ0n) is 11.6. The fourth-order valence-electron chi connectivity index (χ4n) is 2.35. The molecule has 1 unspecified atom stereocenters. The number of nitrogens with zero attached hydrogens (tertiary/aromatic N) is 2. The SMILES string of the molecule is CCC(N)c1cccc(-c2c(C)nn(C)c2C)c1. The minimum Gasteiger partial charge on any atom is -0.324 e. The van der Waals surface area contributed by atoms with E-state index in [0.29, 0.717) is 0 Å². The highest BCUT2D eigenvalue weighted by molar-refractivity contribution is 5.69. The second-order valence-corrected chi connectivity index (χ2v) is 4.81. The summed E-state index contributed by atoms with van der Waals surface area (Å²) in [4.78, 5) is 0. The van der Waals surface area contributed by atoms with Gasteiger partial charge in [0.2, 0.25) is 0 Å². The normalized spacial score (nSPS) is 12.7. The van der Waals surface area contributed by atoms with E-state index in [4.69, 9.17) is 5.73 Å². The van der Waals surface area contributed by atoms with Gasteiger partial charge in [-0.25, -0.2) is 0 Å². The molecule has 96 valence electrons. The van der Waals surface area contributed by atoms with Crippen LogP contribution in [0.3, 0.4) is 0 Å². The van der Waals surface area contributed by atoms with Gasteiger partial charge in [0, 0.05) is 24.3 Å². The summed E-state index contributed by atoms with van der Waals surface area (Å²) in [6, 6.07) is 8.60. The molecule has 0 saturated heterocycles. The molecule has 1 atom stereocenters. The molecular weight excluding hydrogens is 222 g/mol. The molecule has 2 N–H and O–H groups in total. The van der Waals surface area contributed by atoms with E-state index < -0.39 is 0 Å². The number of aryl methyl sites for hydroxylation is 2. The molecule has 0 bridgehead atoms. The lowest BCUT2D eigenvalue weighted by Gasteiger charge is -2.11. The van der Waals surface area contributed by atoms with Crippen LogP contribution >= 0.6 is 0 Å². The zero-order valence-corrected chi connectivity index (χ0v) is 11.6. The second kappa shape index (κ2) is 4.94. The van der Waals surface area contributed by atoms with Gasteiger partial charge in [0.15, 0.2) is 0 Å². The fourth-order valence-corrected chi connectivity index (χ4v) is 2.35. The summed E-state index contributed by atoms with van der Waals surface area (Å²) in [5.41, 5.74) is 12.0. The summed E-state index contributed by atoms with van der Waals surface area (Å²) in [6.45, 7) is 6.26. The van der Waals surface area contributed by atoms with E-state index in [0.717, 1.165) is 12.1 Å². The minimum absolute atomic E-state index is 0.113. The molecule has 3 heteroatoms. The molecule has 18 heavy (non-hydrogen) atoms. The van der Waals surface area contributed by atoms with Crippen LogP contribution in [0.5, 0.6) is 0 Å². The van der Waals surface area contributed by atoms with Crippen molar-refractivity contribution in [3.63, 3.8) is 0 Å². The molecule has 2 aromatic rings. The zero-order chi connectivity index (χ0) is 13.3. The van der Waals surface area contributed by atoms with Crippen molar-refractivity contribution in [1.82, 2.24) is 9.78 Å². The Hall–Kier alpha value is -1.61. The molecule has 0 spiro atoms. The fraction of sp³-hybridized carbons (Fsp3) is 0.400. The van der Waals surface area contributed by atoms with Gasteiger partial charge >= 0.3 is 0 Å². The van der Waals surface area contributed by atoms with Crippen molar-refractivity contribution >= 4 is 0 Å². The maximum Gasteiger partial charge on any atom is 0.0674 e. The first-order valence-electron chi connectivity index (χ1n) is 6.40. The molecule has 0 aliphatic rings. The van der Waals surface area contributed by atoms with Gasteiger partial charge < -0.3 is 5.73 Å². The quantitative estimate of drug-likeness (QED) is 0.900. The minimum atomic E-state index is 0.113. The van der Waals surface area contributed by atoms with Crippen LogP contribution in [0, 0.1) is 13.8 Å². The highest BCUT2D eigenvalue weighted by Crippen LogP contribution is 2.28. The van der Waals surface area contributed by atoms with Gasteiger partial charge in [-0.2, -0.15) is 5.10 Å². The molecule has 0 saturated carbocycles. The Bertz CT molecular complexity index is 555. The van der Waals surface area contributed by atoms with Crippen molar-refractivity contribution in [2.75, 3.05) is 0 Å². The van der Waals surface area contributed by atoms with Gasteiger partial charge in [0.25, 0.3) is 0 Å². The highest BCUT2D eigenvalue weighted by atomic mass is 15.3. The third-order valence-electron chi connectivity index (χ3n) is 3.55. The largest absolute Gasteiger partial charge is 0.324 e. The summed E-state index contributed by atoms with van der Waals surface area (Å²) < 4.78 is 1.93. The third kappa shape index (κ3) is 2.18. The number of hydrogen-bond donors (Lipinski definition) is 1. The summed E-state index contributed by atoms with van der Waals surface area (Å²) in [7, 11) is 1.98. The van der Waals surface area contributed by atoms with Crippen molar-refractivity contribution in [2.24, 2.45) is 12.8 Å². The molecule has 1 aromatic heterocycles. The van der Waals surface area contributed by atoms with E-state index in [1.807, 2.05) is 11.7 Å². The Kier molecular flexibility index (Phi) is 3.53. The molecule has 1 aromatic carbocycles. The van der Waals surface area contributed by atoms with Crippen LogP contribution in [0.4, 0.5) is 0 Å². The summed E-state index contributed by atoms with van der Waals surface area (Å²) in [5.74, 6) is 0. The standard InChI is InChI=1S/C15H21N3/c1-5-14(16)12-7-6-8-13(9-12)15-10(2)17-18(4)11(15)3/h6-9,14H,5,16H2,1-4H3.